The minimum absolute atomic E-state index is 0.0591. The van der Waals surface area contributed by atoms with E-state index in [4.69, 9.17) is 5.84 Å². The Morgan fingerprint density at radius 2 is 2.06 bits per heavy atom. The molecule has 0 amide bonds. The van der Waals surface area contributed by atoms with Crippen LogP contribution in [0.5, 0.6) is 5.75 Å². The fourth-order valence-corrected chi connectivity index (χ4v) is 1.68. The third kappa shape index (κ3) is 4.66. The number of hydrogen-bond acceptors (Lipinski definition) is 3. The van der Waals surface area contributed by atoms with Crippen molar-refractivity contribution in [3.8, 4) is 5.75 Å². The Balaban J connectivity index is 2.81. The molecule has 1 rings (SSSR count). The van der Waals surface area contributed by atoms with Gasteiger partial charge in [0.05, 0.1) is 0 Å². The van der Waals surface area contributed by atoms with Crippen LogP contribution in [0.25, 0.3) is 0 Å². The summed E-state index contributed by atoms with van der Waals surface area (Å²) >= 11 is 0. The van der Waals surface area contributed by atoms with E-state index in [0.29, 0.717) is 5.92 Å². The van der Waals surface area contributed by atoms with E-state index in [1.54, 1.807) is 12.1 Å². The molecule has 3 N–H and O–H groups in total. The zero-order valence-electron chi connectivity index (χ0n) is 9.99. The van der Waals surface area contributed by atoms with Gasteiger partial charge in [0.25, 0.3) is 0 Å². The maximum atomic E-state index is 12.1. The number of hydrogen-bond donors (Lipinski definition) is 2. The smallest absolute Gasteiger partial charge is 0.387 e. The molecule has 0 radical (unpaired) electrons. The third-order valence-electron chi connectivity index (χ3n) is 2.39. The van der Waals surface area contributed by atoms with Crippen LogP contribution in [0.4, 0.5) is 8.78 Å². The fraction of sp³-hybridized carbons (Fsp3) is 0.500. The van der Waals surface area contributed by atoms with Gasteiger partial charge in [-0.2, -0.15) is 8.78 Å². The summed E-state index contributed by atoms with van der Waals surface area (Å²) in [6.45, 7) is 1.34. The van der Waals surface area contributed by atoms with Gasteiger partial charge in [0.2, 0.25) is 0 Å². The second-order valence-electron chi connectivity index (χ2n) is 4.30. The predicted molar refractivity (Wildman–Crippen MR) is 62.6 cm³/mol. The normalized spacial score (nSPS) is 13.1. The topological polar surface area (TPSA) is 47.3 Å². The molecule has 0 spiro atoms. The minimum Gasteiger partial charge on any atom is -0.435 e. The van der Waals surface area contributed by atoms with Gasteiger partial charge >= 0.3 is 6.61 Å². The van der Waals surface area contributed by atoms with Crippen molar-refractivity contribution >= 4 is 0 Å². The van der Waals surface area contributed by atoms with Crippen LogP contribution in [-0.2, 0) is 0 Å². The van der Waals surface area contributed by atoms with Gasteiger partial charge in [-0.1, -0.05) is 26.0 Å². The van der Waals surface area contributed by atoms with E-state index in [9.17, 15) is 8.78 Å². The van der Waals surface area contributed by atoms with Crippen molar-refractivity contribution in [2.24, 2.45) is 11.8 Å². The summed E-state index contributed by atoms with van der Waals surface area (Å²) < 4.78 is 28.5. The van der Waals surface area contributed by atoms with Crippen LogP contribution < -0.4 is 16.0 Å². The lowest BCUT2D eigenvalue weighted by molar-refractivity contribution is -0.0499. The molecule has 0 aliphatic rings. The SMILES string of the molecule is CC(C)CC(NN)c1cccc(OC(F)F)c1. The number of halogens is 2. The van der Waals surface area contributed by atoms with Gasteiger partial charge in [-0.05, 0) is 30.0 Å². The van der Waals surface area contributed by atoms with Gasteiger partial charge in [-0.15, -0.1) is 0 Å². The fourth-order valence-electron chi connectivity index (χ4n) is 1.68. The van der Waals surface area contributed by atoms with Crippen molar-refractivity contribution in [2.45, 2.75) is 32.9 Å². The highest BCUT2D eigenvalue weighted by Gasteiger charge is 2.13. The highest BCUT2D eigenvalue weighted by molar-refractivity contribution is 5.30. The van der Waals surface area contributed by atoms with Crippen LogP contribution in [0, 0.1) is 5.92 Å². The largest absolute Gasteiger partial charge is 0.435 e. The van der Waals surface area contributed by atoms with E-state index in [0.717, 1.165) is 12.0 Å². The number of hydrazine groups is 1. The summed E-state index contributed by atoms with van der Waals surface area (Å²) in [5.74, 6) is 6.07. The van der Waals surface area contributed by atoms with E-state index in [2.05, 4.69) is 24.0 Å². The second-order valence-corrected chi connectivity index (χ2v) is 4.30. The van der Waals surface area contributed by atoms with Crippen LogP contribution in [-0.4, -0.2) is 6.61 Å². The van der Waals surface area contributed by atoms with Crippen molar-refractivity contribution in [1.82, 2.24) is 5.43 Å². The quantitative estimate of drug-likeness (QED) is 0.597. The lowest BCUT2D eigenvalue weighted by Crippen LogP contribution is -2.29. The second kappa shape index (κ2) is 6.51. The molecule has 1 unspecified atom stereocenters. The van der Waals surface area contributed by atoms with E-state index >= 15 is 0 Å². The van der Waals surface area contributed by atoms with Gasteiger partial charge in [-0.25, -0.2) is 0 Å². The number of rotatable bonds is 6. The first kappa shape index (κ1) is 13.9. The molecule has 0 aromatic heterocycles. The highest BCUT2D eigenvalue weighted by atomic mass is 19.3. The molecule has 5 heteroatoms. The molecule has 1 atom stereocenters. The molecule has 0 heterocycles. The Labute approximate surface area is 99.9 Å². The molecule has 1 aromatic carbocycles. The molecule has 3 nitrogen and oxygen atoms in total. The van der Waals surface area contributed by atoms with Crippen molar-refractivity contribution < 1.29 is 13.5 Å². The maximum absolute atomic E-state index is 12.1. The number of benzene rings is 1. The van der Waals surface area contributed by atoms with E-state index in [1.165, 1.54) is 6.07 Å². The monoisotopic (exact) mass is 244 g/mol. The van der Waals surface area contributed by atoms with Gasteiger partial charge in [0, 0.05) is 6.04 Å². The molecular weight excluding hydrogens is 226 g/mol. The van der Waals surface area contributed by atoms with Crippen molar-refractivity contribution in [1.29, 1.82) is 0 Å². The van der Waals surface area contributed by atoms with Gasteiger partial charge in [0.1, 0.15) is 5.75 Å². The van der Waals surface area contributed by atoms with Crippen molar-refractivity contribution in [3.05, 3.63) is 29.8 Å². The summed E-state index contributed by atoms with van der Waals surface area (Å²) in [4.78, 5) is 0. The Morgan fingerprint density at radius 3 is 2.59 bits per heavy atom. The Hall–Kier alpha value is -1.20. The first-order valence-electron chi connectivity index (χ1n) is 5.53. The molecule has 17 heavy (non-hydrogen) atoms. The molecule has 0 saturated heterocycles. The number of nitrogens with one attached hydrogen (secondary N) is 1. The molecule has 0 saturated carbocycles. The van der Waals surface area contributed by atoms with Crippen LogP contribution in [0.2, 0.25) is 0 Å². The Morgan fingerprint density at radius 1 is 1.35 bits per heavy atom. The summed E-state index contributed by atoms with van der Waals surface area (Å²) in [5.41, 5.74) is 3.53. The molecule has 96 valence electrons. The van der Waals surface area contributed by atoms with Crippen LogP contribution in [0.3, 0.4) is 0 Å². The predicted octanol–water partition coefficient (Wildman–Crippen LogP) is 2.84. The van der Waals surface area contributed by atoms with Gasteiger partial charge < -0.3 is 4.74 Å². The average Bonchev–Trinajstić information content (AvgIpc) is 2.25. The lowest BCUT2D eigenvalue weighted by atomic mass is 9.97. The van der Waals surface area contributed by atoms with E-state index in [1.807, 2.05) is 6.07 Å². The number of nitrogens with two attached hydrogens (primary N) is 1. The third-order valence-corrected chi connectivity index (χ3v) is 2.39. The molecular formula is C12H18F2N2O. The van der Waals surface area contributed by atoms with E-state index in [-0.39, 0.29) is 11.8 Å². The van der Waals surface area contributed by atoms with Crippen molar-refractivity contribution in [3.63, 3.8) is 0 Å². The zero-order chi connectivity index (χ0) is 12.8. The van der Waals surface area contributed by atoms with Gasteiger partial charge in [0.15, 0.2) is 0 Å². The first-order valence-corrected chi connectivity index (χ1v) is 5.53. The van der Waals surface area contributed by atoms with E-state index < -0.39 is 6.61 Å². The summed E-state index contributed by atoms with van der Waals surface area (Å²) in [5, 5.41) is 0. The number of alkyl halides is 2. The van der Waals surface area contributed by atoms with Crippen molar-refractivity contribution in [2.75, 3.05) is 0 Å². The standard InChI is InChI=1S/C12H18F2N2O/c1-8(2)6-11(16-15)9-4-3-5-10(7-9)17-12(13)14/h3-5,7-8,11-12,16H,6,15H2,1-2H3. The number of ether oxygens (including phenoxy) is 1. The average molecular weight is 244 g/mol. The minimum atomic E-state index is -2.81. The molecule has 0 aliphatic heterocycles. The summed E-state index contributed by atoms with van der Waals surface area (Å²) in [6.07, 6.45) is 0.828. The Kier molecular flexibility index (Phi) is 5.31. The molecule has 1 aromatic rings. The van der Waals surface area contributed by atoms with Gasteiger partial charge in [-0.3, -0.25) is 11.3 Å². The molecule has 0 bridgehead atoms. The highest BCUT2D eigenvalue weighted by Crippen LogP contribution is 2.24. The summed E-state index contributed by atoms with van der Waals surface area (Å²) in [6, 6.07) is 6.54. The molecule has 0 aliphatic carbocycles. The van der Waals surface area contributed by atoms with Crippen LogP contribution in [0.15, 0.2) is 24.3 Å². The lowest BCUT2D eigenvalue weighted by Gasteiger charge is -2.19. The molecule has 0 fully saturated rings. The summed E-state index contributed by atoms with van der Waals surface area (Å²) in [7, 11) is 0. The van der Waals surface area contributed by atoms with Crippen LogP contribution >= 0.6 is 0 Å². The maximum Gasteiger partial charge on any atom is 0.387 e. The zero-order valence-corrected chi connectivity index (χ0v) is 9.99. The van der Waals surface area contributed by atoms with Crippen LogP contribution in [0.1, 0.15) is 31.9 Å². The first-order chi connectivity index (χ1) is 8.02. The Bertz CT molecular complexity index is 345.